The van der Waals surface area contributed by atoms with Crippen LogP contribution in [0, 0.1) is 0 Å². The third kappa shape index (κ3) is 3.42. The highest BCUT2D eigenvalue weighted by Crippen LogP contribution is 2.17. The molecule has 66 valence electrons. The standard InChI is InChI=1S/C5H8BrN3.2ClH/c1-3(7)5-4(6)2-8-9-5;;/h2-3H,7H2,1H3,(H,8,9);2*1H/t3-;;/m1../s1. The van der Waals surface area contributed by atoms with E-state index in [1.165, 1.54) is 0 Å². The Morgan fingerprint density at radius 2 is 2.18 bits per heavy atom. The van der Waals surface area contributed by atoms with Crippen LogP contribution in [0.3, 0.4) is 0 Å². The number of aromatic amines is 1. The van der Waals surface area contributed by atoms with Gasteiger partial charge in [-0.3, -0.25) is 5.10 Å². The topological polar surface area (TPSA) is 54.7 Å². The Labute approximate surface area is 86.1 Å². The maximum Gasteiger partial charge on any atom is 0.0658 e. The molecule has 11 heavy (non-hydrogen) atoms. The molecule has 1 rings (SSSR count). The van der Waals surface area contributed by atoms with Crippen molar-refractivity contribution in [2.75, 3.05) is 0 Å². The molecule has 1 aromatic rings. The molecule has 0 aliphatic rings. The molecule has 1 atom stereocenters. The van der Waals surface area contributed by atoms with E-state index >= 15 is 0 Å². The molecule has 0 saturated carbocycles. The fourth-order valence-electron chi connectivity index (χ4n) is 0.601. The highest BCUT2D eigenvalue weighted by atomic mass is 79.9. The van der Waals surface area contributed by atoms with Crippen LogP contribution < -0.4 is 5.73 Å². The van der Waals surface area contributed by atoms with Gasteiger partial charge in [-0.2, -0.15) is 5.10 Å². The van der Waals surface area contributed by atoms with Crippen LogP contribution in [-0.4, -0.2) is 10.2 Å². The second-order valence-electron chi connectivity index (χ2n) is 1.92. The Balaban J connectivity index is 0. The number of H-pyrrole nitrogens is 1. The van der Waals surface area contributed by atoms with Crippen LogP contribution in [0.2, 0.25) is 0 Å². The number of rotatable bonds is 1. The Morgan fingerprint density at radius 3 is 2.36 bits per heavy atom. The first-order valence-electron chi connectivity index (χ1n) is 2.66. The summed E-state index contributed by atoms with van der Waals surface area (Å²) in [5.74, 6) is 0. The summed E-state index contributed by atoms with van der Waals surface area (Å²) in [5.41, 5.74) is 6.50. The average Bonchev–Trinajstić information content (AvgIpc) is 2.13. The zero-order valence-electron chi connectivity index (χ0n) is 5.87. The van der Waals surface area contributed by atoms with Gasteiger partial charge < -0.3 is 5.73 Å². The lowest BCUT2D eigenvalue weighted by Gasteiger charge is -1.99. The fraction of sp³-hybridized carbons (Fsp3) is 0.400. The summed E-state index contributed by atoms with van der Waals surface area (Å²) in [6.45, 7) is 1.90. The maximum absolute atomic E-state index is 5.56. The maximum atomic E-state index is 5.56. The van der Waals surface area contributed by atoms with Crippen molar-refractivity contribution in [3.05, 3.63) is 16.4 Å². The number of aromatic nitrogens is 2. The highest BCUT2D eigenvalue weighted by molar-refractivity contribution is 9.10. The molecule has 3 N–H and O–H groups in total. The SMILES string of the molecule is C[C@@H](N)c1[nH]ncc1Br.Cl.Cl. The molecular formula is C5H10BrCl2N3. The molecule has 0 bridgehead atoms. The van der Waals surface area contributed by atoms with Gasteiger partial charge in [0, 0.05) is 6.04 Å². The quantitative estimate of drug-likeness (QED) is 0.814. The minimum Gasteiger partial charge on any atom is -0.323 e. The van der Waals surface area contributed by atoms with E-state index in [1.54, 1.807) is 6.20 Å². The molecule has 0 amide bonds. The van der Waals surface area contributed by atoms with Crippen molar-refractivity contribution in [3.63, 3.8) is 0 Å². The molecular weight excluding hydrogens is 253 g/mol. The van der Waals surface area contributed by atoms with E-state index in [1.807, 2.05) is 6.92 Å². The van der Waals surface area contributed by atoms with Gasteiger partial charge in [0.15, 0.2) is 0 Å². The molecule has 1 aromatic heterocycles. The van der Waals surface area contributed by atoms with Gasteiger partial charge in [0.2, 0.25) is 0 Å². The zero-order valence-corrected chi connectivity index (χ0v) is 9.09. The van der Waals surface area contributed by atoms with E-state index in [-0.39, 0.29) is 30.9 Å². The van der Waals surface area contributed by atoms with Gasteiger partial charge >= 0.3 is 0 Å². The van der Waals surface area contributed by atoms with E-state index in [2.05, 4.69) is 26.1 Å². The Bertz CT molecular complexity index is 201. The second-order valence-corrected chi connectivity index (χ2v) is 2.77. The average molecular weight is 263 g/mol. The van der Waals surface area contributed by atoms with Gasteiger partial charge in [-0.25, -0.2) is 0 Å². The lowest BCUT2D eigenvalue weighted by Crippen LogP contribution is -2.05. The van der Waals surface area contributed by atoms with Gasteiger partial charge in [-0.1, -0.05) is 0 Å². The lowest BCUT2D eigenvalue weighted by molar-refractivity contribution is 0.768. The molecule has 0 aliphatic carbocycles. The van der Waals surface area contributed by atoms with Crippen LogP contribution in [-0.2, 0) is 0 Å². The van der Waals surface area contributed by atoms with Crippen LogP contribution in [0.1, 0.15) is 18.7 Å². The molecule has 6 heteroatoms. The minimum absolute atomic E-state index is 0. The summed E-state index contributed by atoms with van der Waals surface area (Å²) < 4.78 is 0.942. The number of hydrogen-bond acceptors (Lipinski definition) is 2. The number of halogens is 3. The van der Waals surface area contributed by atoms with Crippen molar-refractivity contribution < 1.29 is 0 Å². The van der Waals surface area contributed by atoms with Gasteiger partial charge in [0.05, 0.1) is 16.4 Å². The minimum atomic E-state index is 0. The molecule has 0 saturated heterocycles. The second kappa shape index (κ2) is 5.83. The summed E-state index contributed by atoms with van der Waals surface area (Å²) in [6, 6.07) is 0.0156. The largest absolute Gasteiger partial charge is 0.323 e. The fourth-order valence-corrected chi connectivity index (χ4v) is 1.15. The number of nitrogens with two attached hydrogens (primary N) is 1. The van der Waals surface area contributed by atoms with Crippen LogP contribution >= 0.6 is 40.7 Å². The normalized spacial score (nSPS) is 11.2. The first-order chi connectivity index (χ1) is 4.22. The number of nitrogens with zero attached hydrogens (tertiary/aromatic N) is 1. The van der Waals surface area contributed by atoms with E-state index in [0.717, 1.165) is 10.2 Å². The van der Waals surface area contributed by atoms with Gasteiger partial charge in [0.1, 0.15) is 0 Å². The highest BCUT2D eigenvalue weighted by Gasteiger charge is 2.04. The van der Waals surface area contributed by atoms with E-state index in [9.17, 15) is 0 Å². The molecule has 0 unspecified atom stereocenters. The summed E-state index contributed by atoms with van der Waals surface area (Å²) in [6.07, 6.45) is 1.69. The van der Waals surface area contributed by atoms with Crippen LogP contribution in [0.5, 0.6) is 0 Å². The van der Waals surface area contributed by atoms with E-state index in [0.29, 0.717) is 0 Å². The Hall–Kier alpha value is 0.230. The first kappa shape index (κ1) is 13.8. The van der Waals surface area contributed by atoms with Crippen LogP contribution in [0.4, 0.5) is 0 Å². The molecule has 3 nitrogen and oxygen atoms in total. The predicted molar refractivity (Wildman–Crippen MR) is 53.4 cm³/mol. The summed E-state index contributed by atoms with van der Waals surface area (Å²) in [5, 5.41) is 6.57. The van der Waals surface area contributed by atoms with Crippen LogP contribution in [0.15, 0.2) is 10.7 Å². The lowest BCUT2D eigenvalue weighted by atomic mass is 10.3. The van der Waals surface area contributed by atoms with E-state index < -0.39 is 0 Å². The third-order valence-corrected chi connectivity index (χ3v) is 1.71. The van der Waals surface area contributed by atoms with Crippen molar-refractivity contribution in [2.45, 2.75) is 13.0 Å². The molecule has 1 heterocycles. The van der Waals surface area contributed by atoms with Gasteiger partial charge in [0.25, 0.3) is 0 Å². The number of nitrogens with one attached hydrogen (secondary N) is 1. The monoisotopic (exact) mass is 261 g/mol. The molecule has 0 aliphatic heterocycles. The van der Waals surface area contributed by atoms with Gasteiger partial charge in [-0.05, 0) is 22.9 Å². The van der Waals surface area contributed by atoms with E-state index in [4.69, 9.17) is 5.73 Å². The van der Waals surface area contributed by atoms with Crippen molar-refractivity contribution in [1.82, 2.24) is 10.2 Å². The predicted octanol–water partition coefficient (Wildman–Crippen LogP) is 2.04. The van der Waals surface area contributed by atoms with Crippen molar-refractivity contribution >= 4 is 40.7 Å². The molecule has 0 aromatic carbocycles. The van der Waals surface area contributed by atoms with Gasteiger partial charge in [-0.15, -0.1) is 24.8 Å². The molecule has 0 spiro atoms. The van der Waals surface area contributed by atoms with Crippen molar-refractivity contribution in [2.24, 2.45) is 5.73 Å². The van der Waals surface area contributed by atoms with Crippen molar-refractivity contribution in [1.29, 1.82) is 0 Å². The molecule has 0 fully saturated rings. The Kier molecular flexibility index (Phi) is 7.31. The summed E-state index contributed by atoms with van der Waals surface area (Å²) >= 11 is 3.29. The third-order valence-electron chi connectivity index (χ3n) is 1.08. The zero-order chi connectivity index (χ0) is 6.85. The Morgan fingerprint density at radius 1 is 1.64 bits per heavy atom. The van der Waals surface area contributed by atoms with Crippen LogP contribution in [0.25, 0.3) is 0 Å². The summed E-state index contributed by atoms with van der Waals surface area (Å²) in [7, 11) is 0. The summed E-state index contributed by atoms with van der Waals surface area (Å²) in [4.78, 5) is 0. The smallest absolute Gasteiger partial charge is 0.0658 e. The first-order valence-corrected chi connectivity index (χ1v) is 3.45. The van der Waals surface area contributed by atoms with Crippen molar-refractivity contribution in [3.8, 4) is 0 Å². The molecule has 0 radical (unpaired) electrons. The number of hydrogen-bond donors (Lipinski definition) is 2.